The Balaban J connectivity index is 0. The second-order valence-electron chi connectivity index (χ2n) is 4.92. The Kier molecular flexibility index (Phi) is 22.8. The van der Waals surface area contributed by atoms with Gasteiger partial charge in [0, 0.05) is 69.0 Å². The molecule has 0 aromatic carbocycles. The van der Waals surface area contributed by atoms with E-state index in [-0.39, 0.29) is 55.8 Å². The molecule has 22 heavy (non-hydrogen) atoms. The molecule has 2 aliphatic carbocycles. The van der Waals surface area contributed by atoms with E-state index < -0.39 is 12.6 Å². The van der Waals surface area contributed by atoms with Crippen LogP contribution in [0.15, 0.2) is 24.3 Å². The molecule has 1 saturated carbocycles. The number of ether oxygens (including phenoxy) is 2. The van der Waals surface area contributed by atoms with Gasteiger partial charge >= 0.3 is 0 Å². The smallest absolute Gasteiger partial charge is 0.159 e. The maximum absolute atomic E-state index is 8.98. The molecular weight excluding hydrogens is 420 g/mol. The Morgan fingerprint density at radius 3 is 1.41 bits per heavy atom. The molecule has 0 aromatic heterocycles. The molecule has 0 aliphatic heterocycles. The van der Waals surface area contributed by atoms with Gasteiger partial charge in [-0.1, -0.05) is 56.4 Å². The average Bonchev–Trinajstić information content (AvgIpc) is 3.18. The van der Waals surface area contributed by atoms with Crippen molar-refractivity contribution >= 4 is 0 Å². The van der Waals surface area contributed by atoms with Crippen LogP contribution in [0.1, 0.15) is 58.8 Å². The summed E-state index contributed by atoms with van der Waals surface area (Å²) < 4.78 is 9.55. The van der Waals surface area contributed by atoms with Gasteiger partial charge in [0.2, 0.25) is 0 Å². The Labute approximate surface area is 176 Å². The molecule has 2 aliphatic rings. The number of allylic oxidation sites excluding steroid dienone is 4. The van der Waals surface area contributed by atoms with Crippen LogP contribution in [-0.4, -0.2) is 36.0 Å². The number of aliphatic hydroxyl groups is 2. The van der Waals surface area contributed by atoms with Gasteiger partial charge in [0.1, 0.15) is 0 Å². The Bertz CT molecular complexity index is 238. The number of aliphatic hydroxyl groups excluding tert-OH is 2. The van der Waals surface area contributed by atoms with Crippen LogP contribution >= 0.6 is 0 Å². The average molecular weight is 452 g/mol. The molecule has 0 heterocycles. The van der Waals surface area contributed by atoms with E-state index in [1.54, 1.807) is 13.8 Å². The maximum Gasteiger partial charge on any atom is 0.159 e. The first-order valence-corrected chi connectivity index (χ1v) is 8.11. The minimum absolute atomic E-state index is 0. The molecule has 2 rings (SSSR count). The van der Waals surface area contributed by atoms with Gasteiger partial charge in [0.05, 0.1) is 0 Å². The zero-order chi connectivity index (χ0) is 15.8. The van der Waals surface area contributed by atoms with Gasteiger partial charge in [0.15, 0.2) is 12.6 Å². The topological polar surface area (TPSA) is 58.9 Å². The normalized spacial score (nSPS) is 17.6. The number of hydrogen-bond donors (Lipinski definition) is 2. The summed E-state index contributed by atoms with van der Waals surface area (Å²) in [4.78, 5) is 0. The fourth-order valence-electron chi connectivity index (χ4n) is 1.97. The fourth-order valence-corrected chi connectivity index (χ4v) is 1.97. The molecule has 4 nitrogen and oxygen atoms in total. The minimum Gasteiger partial charge on any atom is -0.368 e. The fraction of sp³-hybridized carbons (Fsp3) is 0.765. The zero-order valence-corrected chi connectivity index (χ0v) is 16.3. The second-order valence-corrected chi connectivity index (χ2v) is 4.92. The molecule has 0 saturated heterocycles. The van der Waals surface area contributed by atoms with Crippen LogP contribution in [0.3, 0.4) is 0 Å². The molecule has 0 spiro atoms. The van der Waals surface area contributed by atoms with Crippen molar-refractivity contribution in [3.63, 3.8) is 0 Å². The third-order valence-corrected chi connectivity index (χ3v) is 3.03. The van der Waals surface area contributed by atoms with Gasteiger partial charge < -0.3 is 19.7 Å². The summed E-state index contributed by atoms with van der Waals surface area (Å²) in [5, 5.41) is 18.0. The van der Waals surface area contributed by atoms with Crippen molar-refractivity contribution in [2.75, 3.05) is 13.2 Å². The molecule has 5 heteroatoms. The standard InChI is InChI=1S/C7H16O4.C5H10.C5H6.Eu/c1-3-10-6(8)5-7(9)11-4-2;2*1-2-4-5-3-1;/h6-9H,3-5H2,1-2H3;1-5H2;1-4H,5H2;. The van der Waals surface area contributed by atoms with Crippen molar-refractivity contribution in [2.45, 2.75) is 71.4 Å². The molecule has 2 N–H and O–H groups in total. The minimum atomic E-state index is -0.929. The summed E-state index contributed by atoms with van der Waals surface area (Å²) in [5.74, 6) is 0. The van der Waals surface area contributed by atoms with Gasteiger partial charge in [-0.05, 0) is 20.3 Å². The van der Waals surface area contributed by atoms with Crippen LogP contribution in [0.2, 0.25) is 0 Å². The second kappa shape index (κ2) is 20.0. The maximum atomic E-state index is 8.98. The van der Waals surface area contributed by atoms with Crippen LogP contribution in [0.4, 0.5) is 0 Å². The SMILES string of the molecule is C1=CCC=C1.C1CCCC1.CCOC(O)CC(O)OCC.[Eu]. The summed E-state index contributed by atoms with van der Waals surface area (Å²) in [7, 11) is 0. The van der Waals surface area contributed by atoms with E-state index in [0.717, 1.165) is 6.42 Å². The molecule has 2 atom stereocenters. The van der Waals surface area contributed by atoms with Gasteiger partial charge in [-0.25, -0.2) is 0 Å². The number of rotatable bonds is 6. The number of hydrogen-bond acceptors (Lipinski definition) is 4. The Morgan fingerprint density at radius 1 is 0.818 bits per heavy atom. The first-order chi connectivity index (χ1) is 10.2. The third-order valence-electron chi connectivity index (χ3n) is 3.03. The van der Waals surface area contributed by atoms with E-state index in [1.165, 1.54) is 32.1 Å². The first kappa shape index (κ1) is 25.1. The van der Waals surface area contributed by atoms with Crippen molar-refractivity contribution in [1.82, 2.24) is 0 Å². The van der Waals surface area contributed by atoms with Gasteiger partial charge in [-0.2, -0.15) is 0 Å². The monoisotopic (exact) mass is 453 g/mol. The molecule has 0 bridgehead atoms. The van der Waals surface area contributed by atoms with Gasteiger partial charge in [-0.3, -0.25) is 0 Å². The van der Waals surface area contributed by atoms with Crippen molar-refractivity contribution in [1.29, 1.82) is 0 Å². The molecule has 1 radical (unpaired) electrons. The van der Waals surface area contributed by atoms with Crippen LogP contribution in [0.25, 0.3) is 0 Å². The van der Waals surface area contributed by atoms with E-state index in [2.05, 4.69) is 24.3 Å². The molecular formula is C17H32EuO4. The molecule has 0 aromatic rings. The van der Waals surface area contributed by atoms with Crippen molar-refractivity contribution < 1.29 is 69.1 Å². The van der Waals surface area contributed by atoms with Crippen LogP contribution in [-0.2, 0) is 9.47 Å². The van der Waals surface area contributed by atoms with Crippen molar-refractivity contribution in [2.24, 2.45) is 0 Å². The summed E-state index contributed by atoms with van der Waals surface area (Å²) in [6.45, 7) is 4.41. The van der Waals surface area contributed by atoms with Crippen molar-refractivity contribution in [3.8, 4) is 0 Å². The first-order valence-electron chi connectivity index (χ1n) is 8.11. The Hall–Kier alpha value is 0.904. The quantitative estimate of drug-likeness (QED) is 0.606. The Morgan fingerprint density at radius 2 is 1.18 bits per heavy atom. The predicted molar refractivity (Wildman–Crippen MR) is 85.9 cm³/mol. The van der Waals surface area contributed by atoms with E-state index >= 15 is 0 Å². The van der Waals surface area contributed by atoms with E-state index in [0.29, 0.717) is 13.2 Å². The van der Waals surface area contributed by atoms with Gasteiger partial charge in [0.25, 0.3) is 0 Å². The van der Waals surface area contributed by atoms with Crippen LogP contribution in [0, 0.1) is 49.4 Å². The van der Waals surface area contributed by atoms with Crippen molar-refractivity contribution in [3.05, 3.63) is 24.3 Å². The van der Waals surface area contributed by atoms with E-state index in [1.807, 2.05) is 0 Å². The third kappa shape index (κ3) is 19.0. The van der Waals surface area contributed by atoms with E-state index in [9.17, 15) is 0 Å². The van der Waals surface area contributed by atoms with Crippen LogP contribution in [0.5, 0.6) is 0 Å². The summed E-state index contributed by atoms with van der Waals surface area (Å²) in [6.07, 6.45) is 15.2. The van der Waals surface area contributed by atoms with E-state index in [4.69, 9.17) is 19.7 Å². The largest absolute Gasteiger partial charge is 0.368 e. The molecule has 1 fully saturated rings. The summed E-state index contributed by atoms with van der Waals surface area (Å²) >= 11 is 0. The summed E-state index contributed by atoms with van der Waals surface area (Å²) in [6, 6.07) is 0. The van der Waals surface area contributed by atoms with Crippen LogP contribution < -0.4 is 0 Å². The molecule has 0 amide bonds. The molecule has 2 unspecified atom stereocenters. The molecule has 131 valence electrons. The zero-order valence-electron chi connectivity index (χ0n) is 13.9. The summed E-state index contributed by atoms with van der Waals surface area (Å²) in [5.41, 5.74) is 0. The predicted octanol–water partition coefficient (Wildman–Crippen LogP) is 3.54. The van der Waals surface area contributed by atoms with Gasteiger partial charge in [-0.15, -0.1) is 0 Å².